The first kappa shape index (κ1) is 8.76. The van der Waals surface area contributed by atoms with E-state index in [0.717, 1.165) is 0 Å². The van der Waals surface area contributed by atoms with Gasteiger partial charge < -0.3 is 0 Å². The Morgan fingerprint density at radius 1 is 1.15 bits per heavy atom. The molecule has 1 heteroatoms. The summed E-state index contributed by atoms with van der Waals surface area (Å²) < 4.78 is 1.41. The highest BCUT2D eigenvalue weighted by Gasteiger charge is 2.04. The van der Waals surface area contributed by atoms with Crippen molar-refractivity contribution in [3.63, 3.8) is 0 Å². The van der Waals surface area contributed by atoms with Gasteiger partial charge in [-0.25, -0.2) is 0 Å². The lowest BCUT2D eigenvalue weighted by Gasteiger charge is -1.96. The SMILES string of the molecule is Cc1ccc2sc(C(C)C)cc2c1. The Hall–Kier alpha value is -0.820. The quantitative estimate of drug-likeness (QED) is 0.627. The third kappa shape index (κ3) is 1.61. The van der Waals surface area contributed by atoms with Crippen LogP contribution < -0.4 is 0 Å². The van der Waals surface area contributed by atoms with Crippen LogP contribution in [0.2, 0.25) is 0 Å². The molecular weight excluding hydrogens is 176 g/mol. The maximum absolute atomic E-state index is 2.32. The second-order valence-electron chi connectivity index (χ2n) is 3.84. The number of fused-ring (bicyclic) bond motifs is 1. The zero-order valence-corrected chi connectivity index (χ0v) is 9.11. The summed E-state index contributed by atoms with van der Waals surface area (Å²) in [6.07, 6.45) is 0. The summed E-state index contributed by atoms with van der Waals surface area (Å²) in [6, 6.07) is 8.99. The molecule has 0 spiro atoms. The number of hydrogen-bond donors (Lipinski definition) is 0. The standard InChI is InChI=1S/C12H14S/c1-8(2)12-7-10-6-9(3)4-5-11(10)13-12/h4-8H,1-3H3. The largest absolute Gasteiger partial charge is 0.140 e. The number of thiophene rings is 1. The zero-order valence-electron chi connectivity index (χ0n) is 8.29. The van der Waals surface area contributed by atoms with E-state index in [1.165, 1.54) is 20.5 Å². The zero-order chi connectivity index (χ0) is 9.42. The van der Waals surface area contributed by atoms with Gasteiger partial charge in [0.05, 0.1) is 0 Å². The molecule has 1 aromatic carbocycles. The molecule has 0 radical (unpaired) electrons. The summed E-state index contributed by atoms with van der Waals surface area (Å²) in [6.45, 7) is 6.64. The summed E-state index contributed by atoms with van der Waals surface area (Å²) in [5.41, 5.74) is 1.35. The second-order valence-corrected chi connectivity index (χ2v) is 4.96. The van der Waals surface area contributed by atoms with Crippen molar-refractivity contribution in [1.82, 2.24) is 0 Å². The molecule has 1 aromatic heterocycles. The maximum Gasteiger partial charge on any atom is 0.0345 e. The van der Waals surface area contributed by atoms with Crippen molar-refractivity contribution in [2.45, 2.75) is 26.7 Å². The Morgan fingerprint density at radius 3 is 2.62 bits per heavy atom. The molecule has 0 nitrogen and oxygen atoms in total. The van der Waals surface area contributed by atoms with Gasteiger partial charge >= 0.3 is 0 Å². The Morgan fingerprint density at radius 2 is 1.92 bits per heavy atom. The van der Waals surface area contributed by atoms with Crippen LogP contribution in [0.4, 0.5) is 0 Å². The molecule has 0 fully saturated rings. The van der Waals surface area contributed by atoms with E-state index in [2.05, 4.69) is 45.0 Å². The van der Waals surface area contributed by atoms with Gasteiger partial charge in [0.1, 0.15) is 0 Å². The van der Waals surface area contributed by atoms with E-state index in [1.807, 2.05) is 11.3 Å². The van der Waals surface area contributed by atoms with E-state index in [0.29, 0.717) is 5.92 Å². The van der Waals surface area contributed by atoms with Crippen molar-refractivity contribution in [3.8, 4) is 0 Å². The number of hydrogen-bond acceptors (Lipinski definition) is 1. The van der Waals surface area contributed by atoms with Crippen LogP contribution in [-0.4, -0.2) is 0 Å². The van der Waals surface area contributed by atoms with Crippen molar-refractivity contribution in [3.05, 3.63) is 34.7 Å². The molecule has 2 aromatic rings. The van der Waals surface area contributed by atoms with Crippen LogP contribution in [0, 0.1) is 6.92 Å². The lowest BCUT2D eigenvalue weighted by atomic mass is 10.1. The van der Waals surface area contributed by atoms with Gasteiger partial charge in [0, 0.05) is 9.58 Å². The molecule has 0 amide bonds. The van der Waals surface area contributed by atoms with Crippen LogP contribution in [0.5, 0.6) is 0 Å². The number of rotatable bonds is 1. The van der Waals surface area contributed by atoms with Gasteiger partial charge in [-0.1, -0.05) is 31.5 Å². The van der Waals surface area contributed by atoms with Crippen molar-refractivity contribution >= 4 is 21.4 Å². The van der Waals surface area contributed by atoms with Gasteiger partial charge in [0.2, 0.25) is 0 Å². The molecule has 0 saturated carbocycles. The molecule has 0 saturated heterocycles. The molecule has 0 aliphatic heterocycles. The predicted octanol–water partition coefficient (Wildman–Crippen LogP) is 4.33. The molecule has 0 unspecified atom stereocenters. The molecule has 0 atom stereocenters. The summed E-state index contributed by atoms with van der Waals surface area (Å²) >= 11 is 1.91. The smallest absolute Gasteiger partial charge is 0.0345 e. The van der Waals surface area contributed by atoms with E-state index in [4.69, 9.17) is 0 Å². The number of aryl methyl sites for hydroxylation is 1. The van der Waals surface area contributed by atoms with Gasteiger partial charge in [-0.15, -0.1) is 11.3 Å². The molecule has 0 bridgehead atoms. The first-order valence-corrected chi connectivity index (χ1v) is 5.48. The van der Waals surface area contributed by atoms with E-state index in [-0.39, 0.29) is 0 Å². The lowest BCUT2D eigenvalue weighted by molar-refractivity contribution is 0.890. The lowest BCUT2D eigenvalue weighted by Crippen LogP contribution is -1.77. The average Bonchev–Trinajstić information content (AvgIpc) is 2.46. The first-order valence-electron chi connectivity index (χ1n) is 4.67. The Kier molecular flexibility index (Phi) is 2.12. The first-order chi connectivity index (χ1) is 6.16. The molecule has 0 aliphatic carbocycles. The minimum absolute atomic E-state index is 0.651. The van der Waals surface area contributed by atoms with Crippen molar-refractivity contribution in [1.29, 1.82) is 0 Å². The third-order valence-electron chi connectivity index (χ3n) is 2.26. The van der Waals surface area contributed by atoms with E-state index in [9.17, 15) is 0 Å². The van der Waals surface area contributed by atoms with E-state index >= 15 is 0 Å². The van der Waals surface area contributed by atoms with Crippen LogP contribution >= 0.6 is 11.3 Å². The van der Waals surface area contributed by atoms with Crippen LogP contribution in [0.15, 0.2) is 24.3 Å². The van der Waals surface area contributed by atoms with Crippen LogP contribution in [0.25, 0.3) is 10.1 Å². The average molecular weight is 190 g/mol. The maximum atomic E-state index is 2.32. The van der Waals surface area contributed by atoms with Crippen LogP contribution in [-0.2, 0) is 0 Å². The topological polar surface area (TPSA) is 0 Å². The third-order valence-corrected chi connectivity index (χ3v) is 3.68. The normalized spacial score (nSPS) is 11.4. The number of benzene rings is 1. The van der Waals surface area contributed by atoms with Crippen LogP contribution in [0.1, 0.15) is 30.2 Å². The molecule has 2 rings (SSSR count). The van der Waals surface area contributed by atoms with Gasteiger partial charge in [0.15, 0.2) is 0 Å². The summed E-state index contributed by atoms with van der Waals surface area (Å²) in [5.74, 6) is 0.651. The minimum Gasteiger partial charge on any atom is -0.140 e. The molecule has 0 aliphatic rings. The molecule has 13 heavy (non-hydrogen) atoms. The van der Waals surface area contributed by atoms with Gasteiger partial charge in [-0.05, 0) is 30.4 Å². The van der Waals surface area contributed by atoms with Gasteiger partial charge in [-0.2, -0.15) is 0 Å². The van der Waals surface area contributed by atoms with Gasteiger partial charge in [0.25, 0.3) is 0 Å². The highest BCUT2D eigenvalue weighted by Crippen LogP contribution is 2.30. The van der Waals surface area contributed by atoms with Crippen molar-refractivity contribution in [2.24, 2.45) is 0 Å². The molecule has 68 valence electrons. The van der Waals surface area contributed by atoms with Crippen molar-refractivity contribution in [2.75, 3.05) is 0 Å². The molecule has 0 N–H and O–H groups in total. The Balaban J connectivity index is 2.62. The molecule has 1 heterocycles. The molecular formula is C12H14S. The summed E-state index contributed by atoms with van der Waals surface area (Å²) in [5, 5.41) is 1.40. The van der Waals surface area contributed by atoms with Gasteiger partial charge in [-0.3, -0.25) is 0 Å². The fourth-order valence-corrected chi connectivity index (χ4v) is 2.52. The Bertz CT molecular complexity index is 424. The van der Waals surface area contributed by atoms with Crippen molar-refractivity contribution < 1.29 is 0 Å². The Labute approximate surface area is 83.2 Å². The highest BCUT2D eigenvalue weighted by atomic mass is 32.1. The fourth-order valence-electron chi connectivity index (χ4n) is 1.47. The fraction of sp³-hybridized carbons (Fsp3) is 0.333. The highest BCUT2D eigenvalue weighted by molar-refractivity contribution is 7.19. The summed E-state index contributed by atoms with van der Waals surface area (Å²) in [7, 11) is 0. The van der Waals surface area contributed by atoms with E-state index < -0.39 is 0 Å². The van der Waals surface area contributed by atoms with Crippen LogP contribution in [0.3, 0.4) is 0 Å². The summed E-state index contributed by atoms with van der Waals surface area (Å²) in [4.78, 5) is 1.49. The predicted molar refractivity (Wildman–Crippen MR) is 60.7 cm³/mol. The van der Waals surface area contributed by atoms with E-state index in [1.54, 1.807) is 0 Å². The minimum atomic E-state index is 0.651. The second kappa shape index (κ2) is 3.15. The monoisotopic (exact) mass is 190 g/mol.